The minimum absolute atomic E-state index is 0.00221. The van der Waals surface area contributed by atoms with E-state index < -0.39 is 22.6 Å². The van der Waals surface area contributed by atoms with Gasteiger partial charge in [0.25, 0.3) is 0 Å². The zero-order valence-electron chi connectivity index (χ0n) is 8.76. The lowest BCUT2D eigenvalue weighted by molar-refractivity contribution is -0.124. The van der Waals surface area contributed by atoms with Gasteiger partial charge < -0.3 is 5.32 Å². The predicted molar refractivity (Wildman–Crippen MR) is 52.4 cm³/mol. The van der Waals surface area contributed by atoms with Crippen molar-refractivity contribution in [1.29, 1.82) is 0 Å². The van der Waals surface area contributed by atoms with Crippen molar-refractivity contribution >= 4 is 9.84 Å². The van der Waals surface area contributed by atoms with Gasteiger partial charge in [0.15, 0.2) is 9.84 Å². The first-order valence-electron chi connectivity index (χ1n) is 4.60. The van der Waals surface area contributed by atoms with Gasteiger partial charge in [0, 0.05) is 6.54 Å². The summed E-state index contributed by atoms with van der Waals surface area (Å²) >= 11 is 0. The highest BCUT2D eigenvalue weighted by Crippen LogP contribution is 2.11. The molecule has 0 aliphatic heterocycles. The van der Waals surface area contributed by atoms with Crippen LogP contribution in [0.2, 0.25) is 0 Å². The van der Waals surface area contributed by atoms with Crippen molar-refractivity contribution in [1.82, 2.24) is 5.32 Å². The SMILES string of the molecule is CC(C)CS(=O)(=O)CCNCC(F)(F)F. The van der Waals surface area contributed by atoms with E-state index in [1.54, 1.807) is 13.8 Å². The summed E-state index contributed by atoms with van der Waals surface area (Å²) in [6.45, 7) is 2.19. The van der Waals surface area contributed by atoms with Crippen molar-refractivity contribution < 1.29 is 21.6 Å². The molecule has 7 heteroatoms. The molecule has 0 spiro atoms. The number of rotatable bonds is 6. The van der Waals surface area contributed by atoms with Gasteiger partial charge in [-0.25, -0.2) is 8.42 Å². The van der Waals surface area contributed by atoms with Crippen molar-refractivity contribution in [3.63, 3.8) is 0 Å². The molecule has 0 amide bonds. The molecular weight excluding hydrogens is 231 g/mol. The fraction of sp³-hybridized carbons (Fsp3) is 1.00. The monoisotopic (exact) mass is 247 g/mol. The molecular formula is C8H16F3NO2S. The number of alkyl halides is 3. The van der Waals surface area contributed by atoms with Crippen LogP contribution in [0.25, 0.3) is 0 Å². The molecule has 0 aromatic carbocycles. The summed E-state index contributed by atoms with van der Waals surface area (Å²) in [7, 11) is -3.23. The second-order valence-corrected chi connectivity index (χ2v) is 6.03. The minimum atomic E-state index is -4.29. The molecule has 92 valence electrons. The van der Waals surface area contributed by atoms with Gasteiger partial charge >= 0.3 is 6.18 Å². The van der Waals surface area contributed by atoms with E-state index in [2.05, 4.69) is 5.32 Å². The predicted octanol–water partition coefficient (Wildman–Crippen LogP) is 1.21. The van der Waals surface area contributed by atoms with Gasteiger partial charge in [-0.1, -0.05) is 13.8 Å². The number of hydrogen-bond donors (Lipinski definition) is 1. The van der Waals surface area contributed by atoms with Crippen molar-refractivity contribution in [2.24, 2.45) is 5.92 Å². The zero-order valence-corrected chi connectivity index (χ0v) is 9.58. The smallest absolute Gasteiger partial charge is 0.308 e. The summed E-state index contributed by atoms with van der Waals surface area (Å²) in [4.78, 5) is 0. The highest BCUT2D eigenvalue weighted by atomic mass is 32.2. The van der Waals surface area contributed by atoms with Crippen LogP contribution < -0.4 is 5.32 Å². The molecule has 0 aliphatic rings. The molecule has 0 rings (SSSR count). The average Bonchev–Trinajstić information content (AvgIpc) is 1.93. The molecule has 0 atom stereocenters. The van der Waals surface area contributed by atoms with Crippen LogP contribution in [0.4, 0.5) is 13.2 Å². The second kappa shape index (κ2) is 5.69. The van der Waals surface area contributed by atoms with Crippen LogP contribution in [0.5, 0.6) is 0 Å². The van der Waals surface area contributed by atoms with E-state index in [9.17, 15) is 21.6 Å². The number of sulfone groups is 1. The molecule has 0 radical (unpaired) electrons. The van der Waals surface area contributed by atoms with E-state index in [-0.39, 0.29) is 24.0 Å². The fourth-order valence-electron chi connectivity index (χ4n) is 1.05. The molecule has 0 aromatic rings. The van der Waals surface area contributed by atoms with Gasteiger partial charge in [-0.3, -0.25) is 0 Å². The average molecular weight is 247 g/mol. The first-order valence-corrected chi connectivity index (χ1v) is 6.42. The number of nitrogens with one attached hydrogen (secondary N) is 1. The highest BCUT2D eigenvalue weighted by molar-refractivity contribution is 7.91. The zero-order chi connectivity index (χ0) is 12.1. The van der Waals surface area contributed by atoms with E-state index in [0.29, 0.717) is 0 Å². The molecule has 1 N–H and O–H groups in total. The normalized spacial score (nSPS) is 13.5. The van der Waals surface area contributed by atoms with Gasteiger partial charge in [0.1, 0.15) is 0 Å². The standard InChI is InChI=1S/C8H16F3NO2S/c1-7(2)5-15(13,14)4-3-12-6-8(9,10)11/h7,12H,3-6H2,1-2H3. The Balaban J connectivity index is 3.77. The third kappa shape index (κ3) is 9.99. The summed E-state index contributed by atoms with van der Waals surface area (Å²) in [5.41, 5.74) is 0. The van der Waals surface area contributed by atoms with E-state index >= 15 is 0 Å². The van der Waals surface area contributed by atoms with E-state index in [0.717, 1.165) is 0 Å². The molecule has 0 fully saturated rings. The summed E-state index contributed by atoms with van der Waals surface area (Å²) in [6.07, 6.45) is -4.29. The van der Waals surface area contributed by atoms with Crippen LogP contribution >= 0.6 is 0 Å². The first-order chi connectivity index (χ1) is 6.62. The Labute approximate surface area is 88.0 Å². The summed E-state index contributed by atoms with van der Waals surface area (Å²) in [5.74, 6) is -0.236. The Kier molecular flexibility index (Phi) is 5.58. The van der Waals surface area contributed by atoms with Crippen molar-refractivity contribution in [3.8, 4) is 0 Å². The lowest BCUT2D eigenvalue weighted by Crippen LogP contribution is -2.33. The summed E-state index contributed by atoms with van der Waals surface area (Å²) < 4.78 is 57.5. The van der Waals surface area contributed by atoms with Crippen LogP contribution in [0.1, 0.15) is 13.8 Å². The fourth-order valence-corrected chi connectivity index (χ4v) is 2.69. The molecule has 0 aliphatic carbocycles. The Bertz CT molecular complexity index is 272. The molecule has 0 unspecified atom stereocenters. The van der Waals surface area contributed by atoms with Gasteiger partial charge in [0.2, 0.25) is 0 Å². The van der Waals surface area contributed by atoms with Crippen molar-refractivity contribution in [2.45, 2.75) is 20.0 Å². The third-order valence-corrected chi connectivity index (χ3v) is 3.50. The Morgan fingerprint density at radius 2 is 1.80 bits per heavy atom. The van der Waals surface area contributed by atoms with Crippen molar-refractivity contribution in [3.05, 3.63) is 0 Å². The maximum atomic E-state index is 11.7. The Morgan fingerprint density at radius 3 is 2.20 bits per heavy atom. The van der Waals surface area contributed by atoms with Crippen LogP contribution in [-0.2, 0) is 9.84 Å². The summed E-state index contributed by atoms with van der Waals surface area (Å²) in [6, 6.07) is 0. The molecule has 0 saturated carbocycles. The molecule has 3 nitrogen and oxygen atoms in total. The van der Waals surface area contributed by atoms with Gasteiger partial charge in [-0.2, -0.15) is 13.2 Å². The lowest BCUT2D eigenvalue weighted by Gasteiger charge is -2.09. The molecule has 0 heterocycles. The molecule has 15 heavy (non-hydrogen) atoms. The first kappa shape index (κ1) is 14.7. The Hall–Kier alpha value is -0.300. The van der Waals surface area contributed by atoms with Crippen molar-refractivity contribution in [2.75, 3.05) is 24.6 Å². The largest absolute Gasteiger partial charge is 0.401 e. The third-order valence-electron chi connectivity index (χ3n) is 1.50. The van der Waals surface area contributed by atoms with Gasteiger partial charge in [-0.15, -0.1) is 0 Å². The Morgan fingerprint density at radius 1 is 1.27 bits per heavy atom. The van der Waals surface area contributed by atoms with Gasteiger partial charge in [0.05, 0.1) is 18.1 Å². The highest BCUT2D eigenvalue weighted by Gasteiger charge is 2.26. The topological polar surface area (TPSA) is 46.2 Å². The van der Waals surface area contributed by atoms with Crippen LogP contribution in [0.3, 0.4) is 0 Å². The maximum absolute atomic E-state index is 11.7. The van der Waals surface area contributed by atoms with Crippen LogP contribution in [0.15, 0.2) is 0 Å². The summed E-state index contributed by atoms with van der Waals surface area (Å²) in [5, 5.41) is 2.05. The van der Waals surface area contributed by atoms with Crippen LogP contribution in [0, 0.1) is 5.92 Å². The van der Waals surface area contributed by atoms with Gasteiger partial charge in [-0.05, 0) is 5.92 Å². The molecule has 0 bridgehead atoms. The van der Waals surface area contributed by atoms with E-state index in [1.807, 2.05) is 0 Å². The number of halogens is 3. The quantitative estimate of drug-likeness (QED) is 0.718. The van der Waals surface area contributed by atoms with E-state index in [1.165, 1.54) is 0 Å². The lowest BCUT2D eigenvalue weighted by atomic mass is 10.3. The number of hydrogen-bond acceptors (Lipinski definition) is 3. The maximum Gasteiger partial charge on any atom is 0.401 e. The molecule has 0 saturated heterocycles. The molecule has 0 aromatic heterocycles. The second-order valence-electron chi connectivity index (χ2n) is 3.80. The van der Waals surface area contributed by atoms with Crippen LogP contribution in [-0.4, -0.2) is 39.2 Å². The minimum Gasteiger partial charge on any atom is -0.308 e. The van der Waals surface area contributed by atoms with E-state index in [4.69, 9.17) is 0 Å².